The van der Waals surface area contributed by atoms with Gasteiger partial charge in [-0.25, -0.2) is 4.79 Å². The lowest BCUT2D eigenvalue weighted by atomic mass is 10.0. The molecule has 0 amide bonds. The van der Waals surface area contributed by atoms with Crippen molar-refractivity contribution >= 4 is 28.3 Å². The number of aromatic nitrogens is 1. The van der Waals surface area contributed by atoms with Gasteiger partial charge in [0.25, 0.3) is 0 Å². The molecule has 2 aromatic carbocycles. The Kier molecular flexibility index (Phi) is 3.10. The zero-order valence-corrected chi connectivity index (χ0v) is 12.9. The average molecular weight is 328 g/mol. The Bertz CT molecular complexity index is 945. The second kappa shape index (κ2) is 5.03. The Balaban J connectivity index is 1.88. The van der Waals surface area contributed by atoms with Crippen molar-refractivity contribution < 1.29 is 15.0 Å². The standard InChI is InChI=1S/C18H14ClNO3/c19-14-3-1-2-12-9-20(17(21)16(12)14)15-7-6-10-4-5-11(18(22)23)8-13(10)15/h1-5,8-9,15,21H,6-7H2,(H,22,23). The first-order chi connectivity index (χ1) is 11.1. The van der Waals surface area contributed by atoms with Crippen LogP contribution in [0, 0.1) is 0 Å². The van der Waals surface area contributed by atoms with E-state index in [4.69, 9.17) is 11.6 Å². The van der Waals surface area contributed by atoms with Gasteiger partial charge in [0.1, 0.15) is 0 Å². The highest BCUT2D eigenvalue weighted by Gasteiger charge is 2.27. The minimum atomic E-state index is -0.941. The average Bonchev–Trinajstić information content (AvgIpc) is 3.08. The van der Waals surface area contributed by atoms with Crippen molar-refractivity contribution in [2.75, 3.05) is 0 Å². The summed E-state index contributed by atoms with van der Waals surface area (Å²) >= 11 is 6.20. The maximum atomic E-state index is 11.2. The van der Waals surface area contributed by atoms with E-state index >= 15 is 0 Å². The Morgan fingerprint density at radius 1 is 1.26 bits per heavy atom. The SMILES string of the molecule is O=C(O)c1ccc2c(c1)C(n1cc3cccc(Cl)c3c1O)CC2. The van der Waals surface area contributed by atoms with Crippen LogP contribution in [0.3, 0.4) is 0 Å². The van der Waals surface area contributed by atoms with E-state index in [1.807, 2.05) is 24.4 Å². The smallest absolute Gasteiger partial charge is 0.335 e. The Labute approximate surface area is 137 Å². The molecule has 2 N–H and O–H groups in total. The molecule has 116 valence electrons. The second-order valence-corrected chi connectivity index (χ2v) is 6.24. The molecule has 0 fully saturated rings. The van der Waals surface area contributed by atoms with E-state index in [1.165, 1.54) is 0 Å². The molecule has 1 atom stereocenters. The number of rotatable bonds is 2. The molecule has 1 aliphatic carbocycles. The molecule has 5 heteroatoms. The highest BCUT2D eigenvalue weighted by Crippen LogP contribution is 2.42. The van der Waals surface area contributed by atoms with Crippen LogP contribution in [-0.2, 0) is 6.42 Å². The molecule has 1 heterocycles. The van der Waals surface area contributed by atoms with Crippen LogP contribution in [0.15, 0.2) is 42.6 Å². The first kappa shape index (κ1) is 14.2. The normalized spacial score (nSPS) is 16.7. The summed E-state index contributed by atoms with van der Waals surface area (Å²) in [6, 6.07) is 10.6. The van der Waals surface area contributed by atoms with E-state index in [-0.39, 0.29) is 17.5 Å². The van der Waals surface area contributed by atoms with Crippen molar-refractivity contribution in [3.63, 3.8) is 0 Å². The fourth-order valence-corrected chi connectivity index (χ4v) is 3.73. The lowest BCUT2D eigenvalue weighted by molar-refractivity contribution is 0.0696. The van der Waals surface area contributed by atoms with E-state index in [1.54, 1.807) is 22.8 Å². The fourth-order valence-electron chi connectivity index (χ4n) is 3.46. The van der Waals surface area contributed by atoms with Gasteiger partial charge in [0.15, 0.2) is 0 Å². The molecule has 4 nitrogen and oxygen atoms in total. The maximum absolute atomic E-state index is 11.2. The van der Waals surface area contributed by atoms with E-state index in [0.29, 0.717) is 10.4 Å². The third-order valence-corrected chi connectivity index (χ3v) is 4.88. The Hall–Kier alpha value is -2.46. The number of fused-ring (bicyclic) bond motifs is 2. The van der Waals surface area contributed by atoms with Crippen LogP contribution in [0.1, 0.15) is 33.9 Å². The number of nitrogens with zero attached hydrogens (tertiary/aromatic N) is 1. The topological polar surface area (TPSA) is 62.5 Å². The van der Waals surface area contributed by atoms with Crippen LogP contribution in [0.2, 0.25) is 5.02 Å². The summed E-state index contributed by atoms with van der Waals surface area (Å²) in [5, 5.41) is 21.8. The van der Waals surface area contributed by atoms with Crippen molar-refractivity contribution in [1.29, 1.82) is 0 Å². The van der Waals surface area contributed by atoms with Gasteiger partial charge in [-0.15, -0.1) is 0 Å². The van der Waals surface area contributed by atoms with Gasteiger partial charge in [-0.3, -0.25) is 0 Å². The van der Waals surface area contributed by atoms with E-state index in [0.717, 1.165) is 29.4 Å². The van der Waals surface area contributed by atoms with Gasteiger partial charge in [0.2, 0.25) is 5.88 Å². The van der Waals surface area contributed by atoms with Crippen molar-refractivity contribution in [2.24, 2.45) is 0 Å². The fraction of sp³-hybridized carbons (Fsp3) is 0.167. The molecular weight excluding hydrogens is 314 g/mol. The van der Waals surface area contributed by atoms with E-state index < -0.39 is 5.97 Å². The number of carboxylic acids is 1. The summed E-state index contributed by atoms with van der Waals surface area (Å²) in [6.07, 6.45) is 3.57. The van der Waals surface area contributed by atoms with Crippen LogP contribution < -0.4 is 0 Å². The minimum Gasteiger partial charge on any atom is -0.494 e. The molecule has 0 spiro atoms. The van der Waals surface area contributed by atoms with Crippen LogP contribution in [0.25, 0.3) is 10.8 Å². The monoisotopic (exact) mass is 327 g/mol. The zero-order chi connectivity index (χ0) is 16.1. The predicted octanol–water partition coefficient (Wildman–Crippen LogP) is 4.23. The van der Waals surface area contributed by atoms with Crippen molar-refractivity contribution in [1.82, 2.24) is 4.57 Å². The van der Waals surface area contributed by atoms with Gasteiger partial charge in [0, 0.05) is 11.6 Å². The molecular formula is C18H14ClNO3. The molecule has 1 unspecified atom stereocenters. The van der Waals surface area contributed by atoms with E-state index in [2.05, 4.69) is 0 Å². The number of hydrogen-bond donors (Lipinski definition) is 2. The van der Waals surface area contributed by atoms with Gasteiger partial charge in [-0.1, -0.05) is 29.8 Å². The number of carbonyl (C=O) groups is 1. The summed E-state index contributed by atoms with van der Waals surface area (Å²) < 4.78 is 1.80. The minimum absolute atomic E-state index is 0.0761. The van der Waals surface area contributed by atoms with E-state index in [9.17, 15) is 15.0 Å². The molecule has 3 aromatic rings. The highest BCUT2D eigenvalue weighted by atomic mass is 35.5. The molecule has 0 saturated heterocycles. The summed E-state index contributed by atoms with van der Waals surface area (Å²) in [6.45, 7) is 0. The summed E-state index contributed by atoms with van der Waals surface area (Å²) in [4.78, 5) is 11.2. The second-order valence-electron chi connectivity index (χ2n) is 5.84. The summed E-state index contributed by atoms with van der Waals surface area (Å²) in [5.41, 5.74) is 2.35. The lowest BCUT2D eigenvalue weighted by Crippen LogP contribution is -2.07. The van der Waals surface area contributed by atoms with Crippen LogP contribution in [0.4, 0.5) is 0 Å². The number of halogens is 1. The number of carboxylic acid groups (broad SMARTS) is 1. The van der Waals surface area contributed by atoms with Crippen molar-refractivity contribution in [2.45, 2.75) is 18.9 Å². The molecule has 0 bridgehead atoms. The van der Waals surface area contributed by atoms with Gasteiger partial charge in [-0.2, -0.15) is 0 Å². The van der Waals surface area contributed by atoms with Crippen LogP contribution >= 0.6 is 11.6 Å². The Morgan fingerprint density at radius 2 is 2.09 bits per heavy atom. The molecule has 1 aromatic heterocycles. The molecule has 23 heavy (non-hydrogen) atoms. The maximum Gasteiger partial charge on any atom is 0.335 e. The Morgan fingerprint density at radius 3 is 2.83 bits per heavy atom. The van der Waals surface area contributed by atoms with Gasteiger partial charge in [-0.05, 0) is 42.2 Å². The molecule has 1 aliphatic rings. The van der Waals surface area contributed by atoms with Crippen molar-refractivity contribution in [3.8, 4) is 5.88 Å². The number of hydrogen-bond acceptors (Lipinski definition) is 2. The molecule has 4 rings (SSSR count). The predicted molar refractivity (Wildman–Crippen MR) is 88.5 cm³/mol. The van der Waals surface area contributed by atoms with Gasteiger partial charge in [0.05, 0.1) is 22.0 Å². The first-order valence-corrected chi connectivity index (χ1v) is 7.78. The quantitative estimate of drug-likeness (QED) is 0.740. The number of aromatic hydroxyl groups is 1. The lowest BCUT2D eigenvalue weighted by Gasteiger charge is -2.15. The van der Waals surface area contributed by atoms with Crippen LogP contribution in [0.5, 0.6) is 5.88 Å². The first-order valence-electron chi connectivity index (χ1n) is 7.40. The number of aromatic carboxylic acids is 1. The summed E-state index contributed by atoms with van der Waals surface area (Å²) in [7, 11) is 0. The summed E-state index contributed by atoms with van der Waals surface area (Å²) in [5.74, 6) is -0.812. The van der Waals surface area contributed by atoms with Crippen LogP contribution in [-0.4, -0.2) is 20.7 Å². The molecule has 0 radical (unpaired) electrons. The van der Waals surface area contributed by atoms with Crippen molar-refractivity contribution in [3.05, 3.63) is 64.3 Å². The molecule has 0 saturated carbocycles. The number of benzene rings is 2. The highest BCUT2D eigenvalue weighted by molar-refractivity contribution is 6.36. The largest absolute Gasteiger partial charge is 0.494 e. The third-order valence-electron chi connectivity index (χ3n) is 4.57. The zero-order valence-electron chi connectivity index (χ0n) is 12.2. The van der Waals surface area contributed by atoms with Gasteiger partial charge >= 0.3 is 5.97 Å². The third kappa shape index (κ3) is 2.10. The number of aryl methyl sites for hydroxylation is 1. The van der Waals surface area contributed by atoms with Gasteiger partial charge < -0.3 is 14.8 Å². The molecule has 0 aliphatic heterocycles.